The molecule has 11 heteroatoms. The Morgan fingerprint density at radius 3 is 2.09 bits per heavy atom. The van der Waals surface area contributed by atoms with Crippen molar-refractivity contribution in [2.45, 2.75) is 56.8 Å². The van der Waals surface area contributed by atoms with E-state index in [9.17, 15) is 29.4 Å². The van der Waals surface area contributed by atoms with Crippen LogP contribution in [0.5, 0.6) is 0 Å². The molecule has 178 valence electrons. The van der Waals surface area contributed by atoms with Crippen molar-refractivity contribution in [3.05, 3.63) is 35.9 Å². The highest BCUT2D eigenvalue weighted by atomic mass is 16.4. The van der Waals surface area contributed by atoms with Gasteiger partial charge in [0, 0.05) is 6.42 Å². The summed E-state index contributed by atoms with van der Waals surface area (Å²) in [6.07, 6.45) is 0.228. The van der Waals surface area contributed by atoms with E-state index in [0.717, 1.165) is 5.56 Å². The second kappa shape index (κ2) is 14.1. The van der Waals surface area contributed by atoms with Crippen molar-refractivity contribution >= 4 is 23.7 Å². The first-order chi connectivity index (χ1) is 15.2. The lowest BCUT2D eigenvalue weighted by molar-refractivity contribution is -0.145. The average molecular weight is 452 g/mol. The first-order valence-corrected chi connectivity index (χ1v) is 10.4. The van der Waals surface area contributed by atoms with Crippen LogP contribution in [-0.2, 0) is 25.6 Å². The van der Waals surface area contributed by atoms with E-state index in [4.69, 9.17) is 11.5 Å². The number of carboxylic acid groups (broad SMARTS) is 1. The number of aliphatic hydroxyl groups is 1. The van der Waals surface area contributed by atoms with Crippen molar-refractivity contribution in [3.63, 3.8) is 0 Å². The Morgan fingerprint density at radius 2 is 1.56 bits per heavy atom. The zero-order valence-corrected chi connectivity index (χ0v) is 18.1. The van der Waals surface area contributed by atoms with E-state index in [1.807, 2.05) is 0 Å². The molecular formula is C21H33N5O6. The number of hydrogen-bond donors (Lipinski definition) is 7. The minimum absolute atomic E-state index is 0.0743. The Balaban J connectivity index is 3.05. The van der Waals surface area contributed by atoms with Crippen molar-refractivity contribution < 1.29 is 29.4 Å². The van der Waals surface area contributed by atoms with E-state index < -0.39 is 47.9 Å². The van der Waals surface area contributed by atoms with E-state index >= 15 is 0 Å². The number of benzene rings is 1. The van der Waals surface area contributed by atoms with Gasteiger partial charge in [-0.25, -0.2) is 4.79 Å². The number of aliphatic hydroxyl groups excluding tert-OH is 1. The molecule has 4 atom stereocenters. The van der Waals surface area contributed by atoms with E-state index in [2.05, 4.69) is 16.0 Å². The molecular weight excluding hydrogens is 418 g/mol. The fourth-order valence-corrected chi connectivity index (χ4v) is 2.99. The Kier molecular flexibility index (Phi) is 11.9. The van der Waals surface area contributed by atoms with Crippen LogP contribution >= 0.6 is 0 Å². The zero-order valence-electron chi connectivity index (χ0n) is 18.1. The number of nitrogens with two attached hydrogens (primary N) is 2. The van der Waals surface area contributed by atoms with Gasteiger partial charge in [0.25, 0.3) is 0 Å². The molecule has 0 spiro atoms. The second-order valence-electron chi connectivity index (χ2n) is 7.42. The minimum Gasteiger partial charge on any atom is -0.480 e. The summed E-state index contributed by atoms with van der Waals surface area (Å²) in [5, 5.41) is 26.3. The summed E-state index contributed by atoms with van der Waals surface area (Å²) in [7, 11) is 0. The standard InChI is InChI=1S/C21H33N5O6/c1-13(27)18(21(31)32)26-20(30)16(11-14-7-3-2-4-8-14)25-19(29)15(9-5-6-10-22)24-17(28)12-23/h2-4,7-8,13,15-16,18,27H,5-6,9-12,22-23H2,1H3,(H,24,28)(H,25,29)(H,26,30)(H,31,32). The van der Waals surface area contributed by atoms with E-state index in [0.29, 0.717) is 25.8 Å². The number of hydrogen-bond acceptors (Lipinski definition) is 7. The Hall–Kier alpha value is -3.02. The number of carbonyl (C=O) groups is 4. The summed E-state index contributed by atoms with van der Waals surface area (Å²) in [5.41, 5.74) is 11.5. The average Bonchev–Trinajstić information content (AvgIpc) is 2.76. The largest absolute Gasteiger partial charge is 0.480 e. The normalized spacial score (nSPS) is 14.5. The SMILES string of the molecule is CC(O)C(NC(=O)C(Cc1ccccc1)NC(=O)C(CCCCN)NC(=O)CN)C(=O)O. The molecule has 4 unspecified atom stereocenters. The molecule has 1 aromatic rings. The monoisotopic (exact) mass is 451 g/mol. The van der Waals surface area contributed by atoms with Crippen molar-refractivity contribution in [2.24, 2.45) is 11.5 Å². The van der Waals surface area contributed by atoms with Gasteiger partial charge in [0.15, 0.2) is 6.04 Å². The van der Waals surface area contributed by atoms with Crippen LogP contribution in [0.25, 0.3) is 0 Å². The molecule has 32 heavy (non-hydrogen) atoms. The third kappa shape index (κ3) is 9.41. The Labute approximate surface area is 186 Å². The second-order valence-corrected chi connectivity index (χ2v) is 7.42. The Bertz CT molecular complexity index is 758. The van der Waals surface area contributed by atoms with Gasteiger partial charge in [-0.1, -0.05) is 30.3 Å². The van der Waals surface area contributed by atoms with Crippen LogP contribution in [0.15, 0.2) is 30.3 Å². The van der Waals surface area contributed by atoms with Crippen molar-refractivity contribution in [2.75, 3.05) is 13.1 Å². The van der Waals surface area contributed by atoms with Gasteiger partial charge in [-0.3, -0.25) is 14.4 Å². The summed E-state index contributed by atoms with van der Waals surface area (Å²) in [5.74, 6) is -3.32. The van der Waals surface area contributed by atoms with Crippen LogP contribution in [0.2, 0.25) is 0 Å². The van der Waals surface area contributed by atoms with Gasteiger partial charge in [0.2, 0.25) is 17.7 Å². The zero-order chi connectivity index (χ0) is 24.1. The first kappa shape index (κ1) is 27.0. The highest BCUT2D eigenvalue weighted by Gasteiger charge is 2.31. The summed E-state index contributed by atoms with van der Waals surface area (Å²) >= 11 is 0. The molecule has 0 heterocycles. The predicted octanol–water partition coefficient (Wildman–Crippen LogP) is -1.76. The molecule has 0 fully saturated rings. The maximum atomic E-state index is 12.9. The molecule has 0 aliphatic rings. The summed E-state index contributed by atoms with van der Waals surface area (Å²) in [6.45, 7) is 1.36. The van der Waals surface area contributed by atoms with Crippen LogP contribution in [0.3, 0.4) is 0 Å². The highest BCUT2D eigenvalue weighted by Crippen LogP contribution is 2.07. The molecule has 0 aliphatic heterocycles. The van der Waals surface area contributed by atoms with E-state index in [1.165, 1.54) is 6.92 Å². The smallest absolute Gasteiger partial charge is 0.328 e. The molecule has 1 aromatic carbocycles. The van der Waals surface area contributed by atoms with Crippen molar-refractivity contribution in [3.8, 4) is 0 Å². The fourth-order valence-electron chi connectivity index (χ4n) is 2.99. The molecule has 0 saturated heterocycles. The maximum absolute atomic E-state index is 12.9. The predicted molar refractivity (Wildman–Crippen MR) is 117 cm³/mol. The summed E-state index contributed by atoms with van der Waals surface area (Å²) < 4.78 is 0. The number of carbonyl (C=O) groups excluding carboxylic acids is 3. The lowest BCUT2D eigenvalue weighted by Crippen LogP contribution is -2.58. The van der Waals surface area contributed by atoms with Gasteiger partial charge in [-0.15, -0.1) is 0 Å². The molecule has 0 aliphatic carbocycles. The Morgan fingerprint density at radius 1 is 0.938 bits per heavy atom. The van der Waals surface area contributed by atoms with Gasteiger partial charge < -0.3 is 37.6 Å². The maximum Gasteiger partial charge on any atom is 0.328 e. The molecule has 11 nitrogen and oxygen atoms in total. The molecule has 0 saturated carbocycles. The van der Waals surface area contributed by atoms with Crippen LogP contribution in [0, 0.1) is 0 Å². The summed E-state index contributed by atoms with van der Waals surface area (Å²) in [4.78, 5) is 48.9. The van der Waals surface area contributed by atoms with Gasteiger partial charge in [0.05, 0.1) is 12.6 Å². The van der Waals surface area contributed by atoms with E-state index in [1.54, 1.807) is 30.3 Å². The van der Waals surface area contributed by atoms with E-state index in [-0.39, 0.29) is 13.0 Å². The van der Waals surface area contributed by atoms with Gasteiger partial charge in [0.1, 0.15) is 12.1 Å². The van der Waals surface area contributed by atoms with Crippen LogP contribution in [0.4, 0.5) is 0 Å². The molecule has 9 N–H and O–H groups in total. The lowest BCUT2D eigenvalue weighted by atomic mass is 10.0. The number of amides is 3. The third-order valence-corrected chi connectivity index (χ3v) is 4.75. The topological polar surface area (TPSA) is 197 Å². The quantitative estimate of drug-likeness (QED) is 0.161. The number of unbranched alkanes of at least 4 members (excludes halogenated alkanes) is 1. The number of nitrogens with one attached hydrogen (secondary N) is 3. The van der Waals surface area contributed by atoms with Gasteiger partial charge in [-0.05, 0) is 38.3 Å². The molecule has 1 rings (SSSR count). The fraction of sp³-hybridized carbons (Fsp3) is 0.524. The minimum atomic E-state index is -1.55. The van der Waals surface area contributed by atoms with Crippen molar-refractivity contribution in [1.29, 1.82) is 0 Å². The van der Waals surface area contributed by atoms with Crippen LogP contribution in [-0.4, -0.2) is 71.2 Å². The molecule has 3 amide bonds. The molecule has 0 bridgehead atoms. The highest BCUT2D eigenvalue weighted by molar-refractivity contribution is 5.93. The van der Waals surface area contributed by atoms with Crippen molar-refractivity contribution in [1.82, 2.24) is 16.0 Å². The molecule has 0 aromatic heterocycles. The van der Waals surface area contributed by atoms with Crippen LogP contribution < -0.4 is 27.4 Å². The van der Waals surface area contributed by atoms with Crippen LogP contribution in [0.1, 0.15) is 31.7 Å². The summed E-state index contributed by atoms with van der Waals surface area (Å²) in [6, 6.07) is 5.21. The number of aliphatic carboxylic acids is 1. The molecule has 0 radical (unpaired) electrons. The van der Waals surface area contributed by atoms with Gasteiger partial charge in [-0.2, -0.15) is 0 Å². The number of rotatable bonds is 14. The van der Waals surface area contributed by atoms with Gasteiger partial charge >= 0.3 is 5.97 Å². The number of carboxylic acids is 1. The lowest BCUT2D eigenvalue weighted by Gasteiger charge is -2.25. The first-order valence-electron chi connectivity index (χ1n) is 10.4. The third-order valence-electron chi connectivity index (χ3n) is 4.75.